The van der Waals surface area contributed by atoms with E-state index >= 15 is 0 Å². The molecule has 0 aliphatic heterocycles. The Morgan fingerprint density at radius 1 is 1.14 bits per heavy atom. The van der Waals surface area contributed by atoms with Crippen LogP contribution in [0.15, 0.2) is 55.0 Å². The smallest absolute Gasteiger partial charge is 0.449 e. The molecule has 1 unspecified atom stereocenters. The summed E-state index contributed by atoms with van der Waals surface area (Å²) in [5.41, 5.74) is 1.59. The van der Waals surface area contributed by atoms with Gasteiger partial charge in [0.15, 0.2) is 0 Å². The Morgan fingerprint density at radius 2 is 1.93 bits per heavy atom. The zero-order valence-electron chi connectivity index (χ0n) is 14.8. The molecule has 0 amide bonds. The van der Waals surface area contributed by atoms with Gasteiger partial charge in [0.1, 0.15) is 12.4 Å². The number of imidazole rings is 1. The van der Waals surface area contributed by atoms with Crippen LogP contribution in [0.4, 0.5) is 13.2 Å². The first kappa shape index (κ1) is 19.8. The number of H-pyrrole nitrogens is 1. The van der Waals surface area contributed by atoms with E-state index in [9.17, 15) is 18.3 Å². The molecule has 2 heterocycles. The van der Waals surface area contributed by atoms with E-state index in [2.05, 4.69) is 20.3 Å². The number of aromatic nitrogens is 3. The van der Waals surface area contributed by atoms with Crippen LogP contribution in [0.3, 0.4) is 0 Å². The monoisotopic (exact) mass is 392 g/mol. The summed E-state index contributed by atoms with van der Waals surface area (Å²) in [6, 6.07) is 10.2. The number of alkyl halides is 3. The van der Waals surface area contributed by atoms with E-state index in [0.29, 0.717) is 31.0 Å². The highest BCUT2D eigenvalue weighted by Gasteiger charge is 2.34. The Labute approximate surface area is 159 Å². The van der Waals surface area contributed by atoms with Crippen molar-refractivity contribution >= 4 is 0 Å². The minimum absolute atomic E-state index is 0.282. The molecular formula is C19H19F3N4O2. The number of nitrogens with zero attached hydrogens (tertiary/aromatic N) is 2. The van der Waals surface area contributed by atoms with Crippen LogP contribution in [0.1, 0.15) is 17.5 Å². The Morgan fingerprint density at radius 3 is 2.57 bits per heavy atom. The highest BCUT2D eigenvalue weighted by Crippen LogP contribution is 2.29. The molecule has 0 bridgehead atoms. The summed E-state index contributed by atoms with van der Waals surface area (Å²) in [5.74, 6) is -0.434. The Kier molecular flexibility index (Phi) is 6.27. The molecule has 1 atom stereocenters. The van der Waals surface area contributed by atoms with Crippen molar-refractivity contribution in [1.29, 1.82) is 0 Å². The van der Waals surface area contributed by atoms with Gasteiger partial charge in [-0.25, -0.2) is 4.98 Å². The molecule has 9 heteroatoms. The number of halogens is 3. The lowest BCUT2D eigenvalue weighted by Gasteiger charge is -2.12. The van der Waals surface area contributed by atoms with Crippen LogP contribution in [0, 0.1) is 0 Å². The van der Waals surface area contributed by atoms with Crippen LogP contribution >= 0.6 is 0 Å². The number of benzene rings is 1. The molecule has 0 radical (unpaired) electrons. The van der Waals surface area contributed by atoms with Crippen molar-refractivity contribution in [2.45, 2.75) is 12.3 Å². The van der Waals surface area contributed by atoms with E-state index in [1.807, 2.05) is 0 Å². The third-order valence-corrected chi connectivity index (χ3v) is 3.96. The van der Waals surface area contributed by atoms with Crippen LogP contribution in [0.25, 0.3) is 11.3 Å². The lowest BCUT2D eigenvalue weighted by Crippen LogP contribution is -2.26. The van der Waals surface area contributed by atoms with Gasteiger partial charge in [-0.2, -0.15) is 13.2 Å². The zero-order chi connectivity index (χ0) is 20.0. The molecule has 6 nitrogen and oxygen atoms in total. The number of aliphatic hydroxyl groups is 1. The molecule has 1 aromatic carbocycles. The third kappa shape index (κ3) is 5.30. The fourth-order valence-electron chi connectivity index (χ4n) is 2.51. The van der Waals surface area contributed by atoms with Crippen LogP contribution in [0.2, 0.25) is 0 Å². The molecular weight excluding hydrogens is 373 g/mol. The van der Waals surface area contributed by atoms with E-state index in [4.69, 9.17) is 4.74 Å². The molecule has 28 heavy (non-hydrogen) atoms. The molecule has 2 aromatic heterocycles. The van der Waals surface area contributed by atoms with Gasteiger partial charge in [0.05, 0.1) is 18.0 Å². The van der Waals surface area contributed by atoms with Crippen molar-refractivity contribution in [3.05, 3.63) is 66.4 Å². The van der Waals surface area contributed by atoms with Crippen LogP contribution in [-0.2, 0) is 6.18 Å². The Hall–Kier alpha value is -2.91. The maximum Gasteiger partial charge on any atom is 0.449 e. The van der Waals surface area contributed by atoms with Gasteiger partial charge in [-0.05, 0) is 35.9 Å². The largest absolute Gasteiger partial charge is 0.492 e. The number of nitrogens with one attached hydrogen (secondary N) is 2. The second-order valence-electron chi connectivity index (χ2n) is 6.02. The standard InChI is InChI=1S/C19H19F3N4O2/c20-19(21,22)18-25-11-16(26-18)13-3-5-15(6-4-13)28-9-8-24-12-17(27)14-2-1-7-23-10-14/h1-7,10-11,17,24,27H,8-9,12H2,(H,25,26). The lowest BCUT2D eigenvalue weighted by molar-refractivity contribution is -0.144. The van der Waals surface area contributed by atoms with Crippen LogP contribution in [0.5, 0.6) is 5.75 Å². The summed E-state index contributed by atoms with van der Waals surface area (Å²) in [4.78, 5) is 9.56. The molecule has 0 spiro atoms. The summed E-state index contributed by atoms with van der Waals surface area (Å²) < 4.78 is 43.4. The molecule has 0 saturated carbocycles. The van der Waals surface area contributed by atoms with Crippen LogP contribution in [-0.4, -0.2) is 39.8 Å². The van der Waals surface area contributed by atoms with Gasteiger partial charge in [0.2, 0.25) is 5.82 Å². The Balaban J connectivity index is 1.43. The maximum absolute atomic E-state index is 12.6. The summed E-state index contributed by atoms with van der Waals surface area (Å²) in [5, 5.41) is 13.1. The summed E-state index contributed by atoms with van der Waals surface area (Å²) in [6.45, 7) is 1.27. The van der Waals surface area contributed by atoms with Crippen LogP contribution < -0.4 is 10.1 Å². The molecule has 148 valence electrons. The van der Waals surface area contributed by atoms with E-state index in [1.165, 1.54) is 0 Å². The van der Waals surface area contributed by atoms with Gasteiger partial charge in [0, 0.05) is 31.0 Å². The molecule has 3 aromatic rings. The van der Waals surface area contributed by atoms with Crippen molar-refractivity contribution in [2.24, 2.45) is 0 Å². The van der Waals surface area contributed by atoms with E-state index in [1.54, 1.807) is 48.8 Å². The van der Waals surface area contributed by atoms with Gasteiger partial charge in [-0.1, -0.05) is 6.07 Å². The second-order valence-corrected chi connectivity index (χ2v) is 6.02. The minimum atomic E-state index is -4.50. The summed E-state index contributed by atoms with van der Waals surface area (Å²) >= 11 is 0. The van der Waals surface area contributed by atoms with Gasteiger partial charge in [-0.3, -0.25) is 4.98 Å². The molecule has 0 aliphatic carbocycles. The first-order valence-corrected chi connectivity index (χ1v) is 8.57. The fourth-order valence-corrected chi connectivity index (χ4v) is 2.51. The maximum atomic E-state index is 12.6. The molecule has 3 rings (SSSR count). The number of aliphatic hydroxyl groups excluding tert-OH is 1. The topological polar surface area (TPSA) is 83.1 Å². The predicted octanol–water partition coefficient (Wildman–Crippen LogP) is 3.19. The van der Waals surface area contributed by atoms with Gasteiger partial charge in [0.25, 0.3) is 0 Å². The second kappa shape index (κ2) is 8.85. The number of hydrogen-bond acceptors (Lipinski definition) is 5. The quantitative estimate of drug-likeness (QED) is 0.513. The van der Waals surface area contributed by atoms with E-state index < -0.39 is 18.1 Å². The highest BCUT2D eigenvalue weighted by atomic mass is 19.4. The average molecular weight is 392 g/mol. The molecule has 0 saturated heterocycles. The normalized spacial score (nSPS) is 12.7. The highest BCUT2D eigenvalue weighted by molar-refractivity contribution is 5.59. The van der Waals surface area contributed by atoms with E-state index in [0.717, 1.165) is 11.8 Å². The third-order valence-electron chi connectivity index (χ3n) is 3.96. The predicted molar refractivity (Wildman–Crippen MR) is 96.6 cm³/mol. The average Bonchev–Trinajstić information content (AvgIpc) is 3.19. The molecule has 0 fully saturated rings. The lowest BCUT2D eigenvalue weighted by atomic mass is 10.1. The first-order chi connectivity index (χ1) is 13.4. The van der Waals surface area contributed by atoms with Gasteiger partial charge in [-0.15, -0.1) is 0 Å². The molecule has 0 aliphatic rings. The van der Waals surface area contributed by atoms with Gasteiger partial charge >= 0.3 is 6.18 Å². The zero-order valence-corrected chi connectivity index (χ0v) is 14.8. The summed E-state index contributed by atoms with van der Waals surface area (Å²) in [6.07, 6.45) is -0.745. The summed E-state index contributed by atoms with van der Waals surface area (Å²) in [7, 11) is 0. The number of pyridine rings is 1. The number of aromatic amines is 1. The van der Waals surface area contributed by atoms with Crippen molar-refractivity contribution in [3.63, 3.8) is 0 Å². The van der Waals surface area contributed by atoms with E-state index in [-0.39, 0.29) is 5.69 Å². The number of ether oxygens (including phenoxy) is 1. The number of hydrogen-bond donors (Lipinski definition) is 3. The van der Waals surface area contributed by atoms with Crippen molar-refractivity contribution in [2.75, 3.05) is 19.7 Å². The fraction of sp³-hybridized carbons (Fsp3) is 0.263. The first-order valence-electron chi connectivity index (χ1n) is 8.57. The molecule has 3 N–H and O–H groups in total. The van der Waals surface area contributed by atoms with Crippen molar-refractivity contribution in [1.82, 2.24) is 20.3 Å². The minimum Gasteiger partial charge on any atom is -0.492 e. The van der Waals surface area contributed by atoms with Gasteiger partial charge < -0.3 is 20.1 Å². The SMILES string of the molecule is OC(CNCCOc1ccc(-c2cnc(C(F)(F)F)[nH]2)cc1)c1cccnc1. The Bertz CT molecular complexity index is 867. The van der Waals surface area contributed by atoms with Crippen molar-refractivity contribution in [3.8, 4) is 17.0 Å². The van der Waals surface area contributed by atoms with Crippen molar-refractivity contribution < 1.29 is 23.0 Å². The number of rotatable bonds is 8.